The molecule has 0 radical (unpaired) electrons. The van der Waals surface area contributed by atoms with Gasteiger partial charge in [-0.15, -0.1) is 0 Å². The molecule has 0 bridgehead atoms. The first-order valence-corrected chi connectivity index (χ1v) is 7.13. The Labute approximate surface area is 122 Å². The van der Waals surface area contributed by atoms with Gasteiger partial charge in [0.05, 0.1) is 7.11 Å². The van der Waals surface area contributed by atoms with Crippen LogP contribution in [0.4, 0.5) is 0 Å². The molecule has 1 aromatic rings. The molecule has 1 amide bonds. The number of carbonyl (C=O) groups is 1. The van der Waals surface area contributed by atoms with E-state index in [1.807, 2.05) is 12.1 Å². The highest BCUT2D eigenvalue weighted by Crippen LogP contribution is 2.12. The quantitative estimate of drug-likeness (QED) is 0.833. The van der Waals surface area contributed by atoms with E-state index in [0.29, 0.717) is 29.9 Å². The van der Waals surface area contributed by atoms with Gasteiger partial charge in [0.15, 0.2) is 0 Å². The summed E-state index contributed by atoms with van der Waals surface area (Å²) in [6, 6.07) is 8.14. The van der Waals surface area contributed by atoms with Crippen LogP contribution in [0, 0.1) is 0 Å². The van der Waals surface area contributed by atoms with Crippen LogP contribution < -0.4 is 10.1 Å². The Kier molecular flexibility index (Phi) is 6.52. The average molecular weight is 278 g/mol. The number of nitrogens with one attached hydrogen (secondary N) is 1. The summed E-state index contributed by atoms with van der Waals surface area (Å²) in [4.78, 5) is 14.4. The lowest BCUT2D eigenvalue weighted by Crippen LogP contribution is -2.42. The first kappa shape index (κ1) is 16.5. The number of rotatable bonds is 7. The van der Waals surface area contributed by atoms with Crippen LogP contribution in [0.25, 0.3) is 0 Å². The molecule has 0 atom stereocenters. The lowest BCUT2D eigenvalue weighted by molar-refractivity contribution is 0.0939. The summed E-state index contributed by atoms with van der Waals surface area (Å²) in [5.74, 6) is 0.639. The van der Waals surface area contributed by atoms with Crippen LogP contribution in [-0.2, 0) is 0 Å². The molecule has 20 heavy (non-hydrogen) atoms. The van der Waals surface area contributed by atoms with Crippen molar-refractivity contribution in [3.63, 3.8) is 0 Å². The zero-order chi connectivity index (χ0) is 15.1. The van der Waals surface area contributed by atoms with Crippen molar-refractivity contribution in [2.45, 2.75) is 39.8 Å². The molecular weight excluding hydrogens is 252 g/mol. The topological polar surface area (TPSA) is 41.6 Å². The number of methoxy groups -OCH3 is 1. The second-order valence-corrected chi connectivity index (χ2v) is 5.41. The van der Waals surface area contributed by atoms with Crippen molar-refractivity contribution < 1.29 is 9.53 Å². The predicted octanol–water partition coefficient (Wildman–Crippen LogP) is 2.54. The Hall–Kier alpha value is -1.55. The minimum atomic E-state index is -0.0589. The maximum absolute atomic E-state index is 12.0. The fourth-order valence-corrected chi connectivity index (χ4v) is 2.28. The van der Waals surface area contributed by atoms with E-state index in [1.165, 1.54) is 0 Å². The molecule has 0 spiro atoms. The van der Waals surface area contributed by atoms with Crippen LogP contribution in [0.3, 0.4) is 0 Å². The first-order chi connectivity index (χ1) is 9.45. The third-order valence-electron chi connectivity index (χ3n) is 3.31. The number of hydrogen-bond donors (Lipinski definition) is 1. The van der Waals surface area contributed by atoms with E-state index >= 15 is 0 Å². The number of ether oxygens (including phenoxy) is 1. The Morgan fingerprint density at radius 2 is 1.90 bits per heavy atom. The summed E-state index contributed by atoms with van der Waals surface area (Å²) in [7, 11) is 1.60. The van der Waals surface area contributed by atoms with Crippen LogP contribution in [-0.4, -0.2) is 43.1 Å². The molecule has 1 rings (SSSR count). The number of carbonyl (C=O) groups excluding carboxylic acids is 1. The molecule has 0 saturated carbocycles. The zero-order valence-corrected chi connectivity index (χ0v) is 13.1. The van der Waals surface area contributed by atoms with Gasteiger partial charge in [0.25, 0.3) is 5.91 Å². The van der Waals surface area contributed by atoms with Crippen molar-refractivity contribution in [2.75, 3.05) is 20.2 Å². The SMILES string of the molecule is COc1cccc(C(=O)NCCN(C(C)C)C(C)C)c1. The van der Waals surface area contributed by atoms with Crippen molar-refractivity contribution in [2.24, 2.45) is 0 Å². The van der Waals surface area contributed by atoms with Gasteiger partial charge in [0.2, 0.25) is 0 Å². The molecule has 1 aromatic carbocycles. The van der Waals surface area contributed by atoms with Crippen molar-refractivity contribution in [3.05, 3.63) is 29.8 Å². The van der Waals surface area contributed by atoms with E-state index in [4.69, 9.17) is 4.74 Å². The minimum Gasteiger partial charge on any atom is -0.497 e. The summed E-state index contributed by atoms with van der Waals surface area (Å²) >= 11 is 0. The van der Waals surface area contributed by atoms with Crippen molar-refractivity contribution in [1.29, 1.82) is 0 Å². The first-order valence-electron chi connectivity index (χ1n) is 7.13. The molecule has 4 nitrogen and oxygen atoms in total. The van der Waals surface area contributed by atoms with Crippen LogP contribution in [0.2, 0.25) is 0 Å². The normalized spacial score (nSPS) is 11.2. The van der Waals surface area contributed by atoms with E-state index in [1.54, 1.807) is 19.2 Å². The molecule has 0 aliphatic carbocycles. The Balaban J connectivity index is 2.50. The zero-order valence-electron chi connectivity index (χ0n) is 13.1. The molecule has 0 aliphatic rings. The summed E-state index contributed by atoms with van der Waals surface area (Å²) < 4.78 is 5.12. The maximum atomic E-state index is 12.0. The molecule has 0 saturated heterocycles. The van der Waals surface area contributed by atoms with E-state index in [-0.39, 0.29) is 5.91 Å². The Morgan fingerprint density at radius 1 is 1.25 bits per heavy atom. The number of hydrogen-bond acceptors (Lipinski definition) is 3. The number of benzene rings is 1. The Bertz CT molecular complexity index is 422. The second-order valence-electron chi connectivity index (χ2n) is 5.41. The van der Waals surface area contributed by atoms with Gasteiger partial charge in [0.1, 0.15) is 5.75 Å². The standard InChI is InChI=1S/C16H26N2O2/c1-12(2)18(13(3)4)10-9-17-16(19)14-7-6-8-15(11-14)20-5/h6-8,11-13H,9-10H2,1-5H3,(H,17,19). The molecule has 4 heteroatoms. The minimum absolute atomic E-state index is 0.0589. The molecule has 0 unspecified atom stereocenters. The van der Waals surface area contributed by atoms with Gasteiger partial charge in [-0.3, -0.25) is 9.69 Å². The Morgan fingerprint density at radius 3 is 2.45 bits per heavy atom. The van der Waals surface area contributed by atoms with Gasteiger partial charge >= 0.3 is 0 Å². The van der Waals surface area contributed by atoms with Crippen LogP contribution in [0.5, 0.6) is 5.75 Å². The fourth-order valence-electron chi connectivity index (χ4n) is 2.28. The molecule has 0 fully saturated rings. The number of amides is 1. The fraction of sp³-hybridized carbons (Fsp3) is 0.562. The summed E-state index contributed by atoms with van der Waals surface area (Å²) in [5, 5.41) is 2.95. The third kappa shape index (κ3) is 4.85. The molecule has 0 aliphatic heterocycles. The van der Waals surface area contributed by atoms with E-state index in [2.05, 4.69) is 37.9 Å². The highest BCUT2D eigenvalue weighted by atomic mass is 16.5. The molecule has 112 valence electrons. The van der Waals surface area contributed by atoms with Gasteiger partial charge in [-0.05, 0) is 45.9 Å². The largest absolute Gasteiger partial charge is 0.497 e. The lowest BCUT2D eigenvalue weighted by atomic mass is 10.2. The highest BCUT2D eigenvalue weighted by Gasteiger charge is 2.13. The van der Waals surface area contributed by atoms with Crippen LogP contribution in [0.1, 0.15) is 38.1 Å². The second kappa shape index (κ2) is 7.90. The summed E-state index contributed by atoms with van der Waals surface area (Å²) in [6.45, 7) is 10.2. The molecule has 0 heterocycles. The van der Waals surface area contributed by atoms with E-state index < -0.39 is 0 Å². The van der Waals surface area contributed by atoms with Gasteiger partial charge in [-0.2, -0.15) is 0 Å². The highest BCUT2D eigenvalue weighted by molar-refractivity contribution is 5.94. The van der Waals surface area contributed by atoms with Gasteiger partial charge in [-0.1, -0.05) is 6.07 Å². The smallest absolute Gasteiger partial charge is 0.251 e. The van der Waals surface area contributed by atoms with Crippen molar-refractivity contribution in [1.82, 2.24) is 10.2 Å². The summed E-state index contributed by atoms with van der Waals surface area (Å²) in [6.07, 6.45) is 0. The van der Waals surface area contributed by atoms with Crippen molar-refractivity contribution >= 4 is 5.91 Å². The predicted molar refractivity (Wildman–Crippen MR) is 82.3 cm³/mol. The van der Waals surface area contributed by atoms with Crippen LogP contribution >= 0.6 is 0 Å². The van der Waals surface area contributed by atoms with Crippen LogP contribution in [0.15, 0.2) is 24.3 Å². The monoisotopic (exact) mass is 278 g/mol. The van der Waals surface area contributed by atoms with E-state index in [0.717, 1.165) is 6.54 Å². The van der Waals surface area contributed by atoms with Crippen molar-refractivity contribution in [3.8, 4) is 5.75 Å². The van der Waals surface area contributed by atoms with E-state index in [9.17, 15) is 4.79 Å². The molecular formula is C16H26N2O2. The third-order valence-corrected chi connectivity index (χ3v) is 3.31. The summed E-state index contributed by atoms with van der Waals surface area (Å²) in [5.41, 5.74) is 0.630. The van der Waals surface area contributed by atoms with Gasteiger partial charge < -0.3 is 10.1 Å². The maximum Gasteiger partial charge on any atom is 0.251 e. The number of nitrogens with zero attached hydrogens (tertiary/aromatic N) is 1. The lowest BCUT2D eigenvalue weighted by Gasteiger charge is -2.30. The molecule has 1 N–H and O–H groups in total. The van der Waals surface area contributed by atoms with Gasteiger partial charge in [0, 0.05) is 30.7 Å². The average Bonchev–Trinajstić information content (AvgIpc) is 2.42. The molecule has 0 aromatic heterocycles. The van der Waals surface area contributed by atoms with Gasteiger partial charge in [-0.25, -0.2) is 0 Å².